The summed E-state index contributed by atoms with van der Waals surface area (Å²) < 4.78 is 42.6. The Morgan fingerprint density at radius 3 is 2.64 bits per heavy atom. The Bertz CT molecular complexity index is 1750. The van der Waals surface area contributed by atoms with Gasteiger partial charge in [0.25, 0.3) is 0 Å². The molecule has 0 radical (unpaired) electrons. The fraction of sp³-hybridized carbons (Fsp3) is 0.200. The van der Waals surface area contributed by atoms with Gasteiger partial charge < -0.3 is 4.74 Å². The molecule has 226 valence electrons. The van der Waals surface area contributed by atoms with Gasteiger partial charge >= 0.3 is 6.36 Å². The number of amides is 1. The van der Waals surface area contributed by atoms with Crippen molar-refractivity contribution in [3.63, 3.8) is 0 Å². The molecule has 0 aliphatic carbocycles. The van der Waals surface area contributed by atoms with Crippen molar-refractivity contribution >= 4 is 52.1 Å². The van der Waals surface area contributed by atoms with Crippen LogP contribution in [0.15, 0.2) is 83.2 Å². The number of carbonyl (C=O) groups is 1. The van der Waals surface area contributed by atoms with E-state index in [2.05, 4.69) is 44.2 Å². The predicted octanol–water partition coefficient (Wildman–Crippen LogP) is 6.61. The number of thioether (sulfide) groups is 1. The van der Waals surface area contributed by atoms with E-state index in [-0.39, 0.29) is 28.4 Å². The number of benzene rings is 3. The normalized spacial score (nSPS) is 14.7. The third kappa shape index (κ3) is 7.50. The Balaban J connectivity index is 1.26. The van der Waals surface area contributed by atoms with Crippen molar-refractivity contribution in [3.05, 3.63) is 89.7 Å². The first-order valence-corrected chi connectivity index (χ1v) is 14.7. The molecule has 0 saturated carbocycles. The monoisotopic (exact) mass is 637 g/mol. The van der Waals surface area contributed by atoms with Crippen LogP contribution in [0, 0.1) is 6.92 Å². The van der Waals surface area contributed by atoms with Gasteiger partial charge in [-0.1, -0.05) is 55.9 Å². The topological polar surface area (TPSA) is 97.0 Å². The van der Waals surface area contributed by atoms with E-state index < -0.39 is 6.36 Å². The number of nitrogens with zero attached hydrogens (tertiary/aromatic N) is 6. The maximum Gasteiger partial charge on any atom is 0.573 e. The third-order valence-electron chi connectivity index (χ3n) is 6.36. The Labute approximate surface area is 260 Å². The lowest BCUT2D eigenvalue weighted by Gasteiger charge is -2.22. The highest BCUT2D eigenvalue weighted by Crippen LogP contribution is 2.34. The van der Waals surface area contributed by atoms with Crippen LogP contribution in [0.4, 0.5) is 18.9 Å². The van der Waals surface area contributed by atoms with Crippen molar-refractivity contribution < 1.29 is 22.7 Å². The zero-order valence-corrected chi connectivity index (χ0v) is 25.4. The summed E-state index contributed by atoms with van der Waals surface area (Å²) in [5.41, 5.74) is 7.57. The Morgan fingerprint density at radius 2 is 1.91 bits per heavy atom. The number of aromatic nitrogens is 3. The van der Waals surface area contributed by atoms with E-state index in [4.69, 9.17) is 12.2 Å². The van der Waals surface area contributed by atoms with Crippen LogP contribution < -0.4 is 15.1 Å². The van der Waals surface area contributed by atoms with Gasteiger partial charge in [0.05, 0.1) is 23.3 Å². The van der Waals surface area contributed by atoms with E-state index in [1.807, 2.05) is 49.4 Å². The molecule has 14 heteroatoms. The van der Waals surface area contributed by atoms with Crippen LogP contribution >= 0.6 is 24.0 Å². The molecule has 1 saturated heterocycles. The van der Waals surface area contributed by atoms with Crippen molar-refractivity contribution in [1.82, 2.24) is 20.2 Å². The molecule has 1 aliphatic heterocycles. The van der Waals surface area contributed by atoms with E-state index in [9.17, 15) is 18.0 Å². The zero-order chi connectivity index (χ0) is 31.4. The number of hydrogen-bond donors (Lipinski definition) is 1. The van der Waals surface area contributed by atoms with Crippen molar-refractivity contribution in [3.8, 4) is 22.8 Å². The van der Waals surface area contributed by atoms with E-state index in [0.29, 0.717) is 22.2 Å². The number of rotatable bonds is 7. The van der Waals surface area contributed by atoms with Crippen molar-refractivity contribution in [2.45, 2.75) is 33.1 Å². The summed E-state index contributed by atoms with van der Waals surface area (Å²) in [5, 5.41) is 9.23. The number of aliphatic imine (C=N–C) groups is 1. The molecule has 1 aromatic heterocycles. The first-order valence-electron chi connectivity index (χ1n) is 13.3. The van der Waals surface area contributed by atoms with E-state index in [1.165, 1.54) is 47.0 Å². The van der Waals surface area contributed by atoms with Crippen LogP contribution in [0.3, 0.4) is 0 Å². The summed E-state index contributed by atoms with van der Waals surface area (Å²) in [4.78, 5) is 23.2. The highest BCUT2D eigenvalue weighted by molar-refractivity contribution is 8.15. The molecule has 9 nitrogen and oxygen atoms in total. The lowest BCUT2D eigenvalue weighted by atomic mass is 9.99. The summed E-state index contributed by atoms with van der Waals surface area (Å²) in [6.45, 7) is 6.14. The molecule has 4 aromatic rings. The molecule has 0 spiro atoms. The zero-order valence-electron chi connectivity index (χ0n) is 23.7. The van der Waals surface area contributed by atoms with Crippen molar-refractivity contribution in [2.75, 3.05) is 10.7 Å². The van der Waals surface area contributed by atoms with Crippen LogP contribution in [0.1, 0.15) is 36.5 Å². The minimum Gasteiger partial charge on any atom is -0.406 e. The number of thiocarbonyl (C=S) groups is 1. The summed E-state index contributed by atoms with van der Waals surface area (Å²) >= 11 is 6.71. The summed E-state index contributed by atoms with van der Waals surface area (Å²) in [7, 11) is 0. The largest absolute Gasteiger partial charge is 0.573 e. The molecule has 0 bridgehead atoms. The first kappa shape index (κ1) is 30.9. The van der Waals surface area contributed by atoms with E-state index in [0.717, 1.165) is 22.4 Å². The van der Waals surface area contributed by atoms with Crippen LogP contribution in [-0.2, 0) is 4.79 Å². The molecule has 0 unspecified atom stereocenters. The number of hydrogen-bond acceptors (Lipinski definition) is 7. The number of amidine groups is 1. The van der Waals surface area contributed by atoms with Crippen molar-refractivity contribution in [1.29, 1.82) is 0 Å². The Morgan fingerprint density at radius 1 is 1.14 bits per heavy atom. The molecule has 1 N–H and O–H groups in total. The highest BCUT2D eigenvalue weighted by Gasteiger charge is 2.32. The lowest BCUT2D eigenvalue weighted by molar-refractivity contribution is -0.274. The van der Waals surface area contributed by atoms with E-state index >= 15 is 0 Å². The molecule has 1 aliphatic rings. The van der Waals surface area contributed by atoms with Crippen LogP contribution in [0.25, 0.3) is 17.1 Å². The quantitative estimate of drug-likeness (QED) is 0.138. The second kappa shape index (κ2) is 13.0. The van der Waals surface area contributed by atoms with Crippen LogP contribution in [-0.4, -0.2) is 49.3 Å². The van der Waals surface area contributed by atoms with Crippen LogP contribution in [0.5, 0.6) is 5.75 Å². The molecular formula is C30H26F3N7O2S2. The van der Waals surface area contributed by atoms with Gasteiger partial charge in [0.15, 0.2) is 11.0 Å². The number of ether oxygens (including phenoxy) is 1. The van der Waals surface area contributed by atoms with Gasteiger partial charge in [-0.25, -0.2) is 9.67 Å². The minimum atomic E-state index is -4.76. The van der Waals surface area contributed by atoms with Gasteiger partial charge in [0, 0.05) is 5.56 Å². The van der Waals surface area contributed by atoms with Gasteiger partial charge in [-0.05, 0) is 78.1 Å². The number of alkyl halides is 3. The minimum absolute atomic E-state index is 0.0621. The summed E-state index contributed by atoms with van der Waals surface area (Å²) in [6.07, 6.45) is -1.74. The fourth-order valence-electron chi connectivity index (χ4n) is 4.37. The number of halogens is 3. The highest BCUT2D eigenvalue weighted by atomic mass is 32.2. The molecule has 3 aromatic carbocycles. The van der Waals surface area contributed by atoms with Gasteiger partial charge in [-0.15, -0.1) is 18.3 Å². The average Bonchev–Trinajstić information content (AvgIpc) is 3.60. The molecule has 1 amide bonds. The van der Waals surface area contributed by atoms with Crippen LogP contribution in [0.2, 0.25) is 0 Å². The SMILES string of the molecule is Cc1ccc(C(C)C)c(N2C(=O)CSC2=NC(=S)N/N=C/c2cccc(-c3ncn(-c4ccc(OC(F)(F)F)cc4)n3)c2)c1. The molecule has 44 heavy (non-hydrogen) atoms. The molecular weight excluding hydrogens is 612 g/mol. The Hall–Kier alpha value is -4.56. The number of hydrazone groups is 1. The van der Waals surface area contributed by atoms with Gasteiger partial charge in [0.2, 0.25) is 11.0 Å². The lowest BCUT2D eigenvalue weighted by Crippen LogP contribution is -2.31. The van der Waals surface area contributed by atoms with E-state index in [1.54, 1.807) is 11.1 Å². The fourth-order valence-corrected chi connectivity index (χ4v) is 5.43. The van der Waals surface area contributed by atoms with Gasteiger partial charge in [0.1, 0.15) is 12.1 Å². The number of carbonyl (C=O) groups excluding carboxylic acids is 1. The third-order valence-corrected chi connectivity index (χ3v) is 7.46. The Kier molecular flexibility index (Phi) is 9.11. The van der Waals surface area contributed by atoms with Gasteiger partial charge in [-0.2, -0.15) is 10.1 Å². The average molecular weight is 638 g/mol. The number of nitrogens with one attached hydrogen (secondary N) is 1. The second-order valence-corrected chi connectivity index (χ2v) is 11.3. The summed E-state index contributed by atoms with van der Waals surface area (Å²) in [5.74, 6) is 0.504. The first-order chi connectivity index (χ1) is 21.0. The second-order valence-electron chi connectivity index (χ2n) is 9.98. The molecule has 2 heterocycles. The molecule has 1 fully saturated rings. The molecule has 0 atom stereocenters. The maximum atomic E-state index is 12.8. The standard InChI is InChI=1S/C30H26F3N7O2S2/c1-18(2)24-12-7-19(3)13-25(24)40-26(41)16-44-29(40)36-28(43)37-35-15-20-5-4-6-21(14-20)27-34-17-39(38-27)22-8-10-23(11-9-22)42-30(31,32)33/h4-15,17-18H,16H2,1-3H3,(H,37,43)/b35-15+,36-29?. The molecule has 5 rings (SSSR count). The maximum absolute atomic E-state index is 12.8. The smallest absolute Gasteiger partial charge is 0.406 e. The van der Waals surface area contributed by atoms with Gasteiger partial charge in [-0.3, -0.25) is 15.1 Å². The van der Waals surface area contributed by atoms with Crippen molar-refractivity contribution in [2.24, 2.45) is 10.1 Å². The summed E-state index contributed by atoms with van der Waals surface area (Å²) in [6, 6.07) is 18.6. The number of aryl methyl sites for hydroxylation is 1. The number of anilines is 1. The predicted molar refractivity (Wildman–Crippen MR) is 169 cm³/mol.